The summed E-state index contributed by atoms with van der Waals surface area (Å²) in [4.78, 5) is 24.7. The number of hydrogen-bond donors (Lipinski definition) is 0. The van der Waals surface area contributed by atoms with Gasteiger partial charge in [-0.25, -0.2) is 4.79 Å². The Morgan fingerprint density at radius 2 is 1.41 bits per heavy atom. The maximum Gasteiger partial charge on any atom is 0.471 e. The van der Waals surface area contributed by atoms with Gasteiger partial charge in [0.2, 0.25) is 0 Å². The maximum absolute atomic E-state index is 12.8. The molecular weight excluding hydrogens is 423 g/mol. The molecule has 0 heterocycles. The molecule has 0 saturated carbocycles. The van der Waals surface area contributed by atoms with Crippen LogP contribution in [0.2, 0.25) is 0 Å². The molecule has 0 saturated heterocycles. The Morgan fingerprint density at radius 1 is 0.844 bits per heavy atom. The van der Waals surface area contributed by atoms with Gasteiger partial charge in [0.1, 0.15) is 24.5 Å². The van der Waals surface area contributed by atoms with Gasteiger partial charge in [-0.3, -0.25) is 4.79 Å². The molecule has 0 aromatic heterocycles. The van der Waals surface area contributed by atoms with Gasteiger partial charge in [-0.05, 0) is 23.3 Å². The van der Waals surface area contributed by atoms with Gasteiger partial charge in [0.05, 0.1) is 0 Å². The number of alkyl halides is 3. The molecule has 0 N–H and O–H groups in total. The van der Waals surface area contributed by atoms with Crippen molar-refractivity contribution >= 4 is 17.6 Å². The Morgan fingerprint density at radius 3 is 1.97 bits per heavy atom. The zero-order chi connectivity index (χ0) is 23.1. The number of carbonyl (C=O) groups excluding carboxylic acids is 2. The van der Waals surface area contributed by atoms with Gasteiger partial charge in [-0.2, -0.15) is 13.2 Å². The van der Waals surface area contributed by atoms with E-state index in [-0.39, 0.29) is 30.2 Å². The quantitative estimate of drug-likeness (QED) is 0.474. The summed E-state index contributed by atoms with van der Waals surface area (Å²) in [6, 6.07) is 21.8. The molecule has 0 aliphatic carbocycles. The fourth-order valence-electron chi connectivity index (χ4n) is 2.85. The van der Waals surface area contributed by atoms with Crippen LogP contribution < -0.4 is 9.64 Å². The topological polar surface area (TPSA) is 55.8 Å². The molecule has 8 heteroatoms. The number of anilines is 1. The third-order valence-corrected chi connectivity index (χ3v) is 4.57. The van der Waals surface area contributed by atoms with Crippen molar-refractivity contribution in [3.63, 3.8) is 0 Å². The normalized spacial score (nSPS) is 11.0. The minimum absolute atomic E-state index is 0.00578. The van der Waals surface area contributed by atoms with Crippen molar-refractivity contribution in [3.8, 4) is 5.75 Å². The van der Waals surface area contributed by atoms with E-state index in [0.29, 0.717) is 4.90 Å². The molecule has 0 bridgehead atoms. The third-order valence-electron chi connectivity index (χ3n) is 4.57. The number of nitrogens with zero attached hydrogens (tertiary/aromatic N) is 1. The first-order valence-electron chi connectivity index (χ1n) is 9.62. The third kappa shape index (κ3) is 5.87. The summed E-state index contributed by atoms with van der Waals surface area (Å²) in [5.74, 6) is -2.73. The summed E-state index contributed by atoms with van der Waals surface area (Å²) >= 11 is 0. The van der Waals surface area contributed by atoms with Crippen LogP contribution in [0.3, 0.4) is 0 Å². The van der Waals surface area contributed by atoms with Crippen molar-refractivity contribution < 1.29 is 32.2 Å². The monoisotopic (exact) mass is 443 g/mol. The molecule has 0 atom stereocenters. The Kier molecular flexibility index (Phi) is 7.14. The lowest BCUT2D eigenvalue weighted by molar-refractivity contribution is -0.170. The molecule has 32 heavy (non-hydrogen) atoms. The van der Waals surface area contributed by atoms with E-state index in [1.807, 2.05) is 12.1 Å². The zero-order valence-electron chi connectivity index (χ0n) is 17.1. The number of ether oxygens (including phenoxy) is 2. The smallest absolute Gasteiger partial charge is 0.471 e. The minimum atomic E-state index is -5.03. The predicted molar refractivity (Wildman–Crippen MR) is 112 cm³/mol. The molecule has 3 rings (SSSR count). The van der Waals surface area contributed by atoms with Crippen molar-refractivity contribution in [2.45, 2.75) is 19.4 Å². The van der Waals surface area contributed by atoms with E-state index in [9.17, 15) is 22.8 Å². The molecule has 0 spiro atoms. The van der Waals surface area contributed by atoms with Crippen molar-refractivity contribution in [1.29, 1.82) is 0 Å². The Hall–Kier alpha value is -3.81. The van der Waals surface area contributed by atoms with Crippen LogP contribution in [0.4, 0.5) is 18.9 Å². The number of halogens is 3. The highest BCUT2D eigenvalue weighted by Gasteiger charge is 2.41. The highest BCUT2D eigenvalue weighted by Crippen LogP contribution is 2.29. The van der Waals surface area contributed by atoms with E-state index < -0.39 is 18.1 Å². The van der Waals surface area contributed by atoms with E-state index in [0.717, 1.165) is 18.2 Å². The molecule has 1 amide bonds. The van der Waals surface area contributed by atoms with E-state index in [2.05, 4.69) is 0 Å². The minimum Gasteiger partial charge on any atom is -0.488 e. The second-order valence-electron chi connectivity index (χ2n) is 6.88. The lowest BCUT2D eigenvalue weighted by Crippen LogP contribution is -2.38. The van der Waals surface area contributed by atoms with Crippen LogP contribution in [0, 0.1) is 0 Å². The second kappa shape index (κ2) is 10.00. The maximum atomic E-state index is 12.8. The van der Waals surface area contributed by atoms with Gasteiger partial charge in [0, 0.05) is 18.8 Å². The molecule has 166 valence electrons. The van der Waals surface area contributed by atoms with E-state index in [1.54, 1.807) is 48.5 Å². The number of amides is 1. The fraction of sp³-hybridized carbons (Fsp3) is 0.167. The van der Waals surface area contributed by atoms with Gasteiger partial charge < -0.3 is 14.4 Å². The van der Waals surface area contributed by atoms with Crippen LogP contribution in [-0.4, -0.2) is 25.1 Å². The Balaban J connectivity index is 1.85. The number of benzene rings is 3. The first-order valence-corrected chi connectivity index (χ1v) is 9.62. The molecule has 0 aliphatic rings. The summed E-state index contributed by atoms with van der Waals surface area (Å²) in [5, 5.41) is 0. The van der Waals surface area contributed by atoms with Gasteiger partial charge >= 0.3 is 18.1 Å². The van der Waals surface area contributed by atoms with Crippen LogP contribution in [0.1, 0.15) is 21.5 Å². The van der Waals surface area contributed by atoms with Gasteiger partial charge in [-0.15, -0.1) is 0 Å². The molecule has 3 aromatic carbocycles. The standard InChI is InChI=1S/C24H20F3NO4/c1-28(23(30)24(25,26)27)19-12-13-20(22(29)32-16-18-10-6-3-7-11-18)21(14-19)31-15-17-8-4-2-5-9-17/h2-14H,15-16H2,1H3. The number of hydrogen-bond acceptors (Lipinski definition) is 4. The lowest BCUT2D eigenvalue weighted by Gasteiger charge is -2.20. The van der Waals surface area contributed by atoms with Crippen molar-refractivity contribution in [1.82, 2.24) is 0 Å². The lowest BCUT2D eigenvalue weighted by atomic mass is 10.1. The van der Waals surface area contributed by atoms with E-state index >= 15 is 0 Å². The Labute approximate surface area is 183 Å². The Bertz CT molecular complexity index is 1070. The fourth-order valence-corrected chi connectivity index (χ4v) is 2.85. The molecular formula is C24H20F3NO4. The summed E-state index contributed by atoms with van der Waals surface area (Å²) in [6.07, 6.45) is -5.03. The van der Waals surface area contributed by atoms with E-state index in [4.69, 9.17) is 9.47 Å². The van der Waals surface area contributed by atoms with Crippen LogP contribution >= 0.6 is 0 Å². The molecule has 0 radical (unpaired) electrons. The molecule has 0 fully saturated rings. The van der Waals surface area contributed by atoms with Crippen LogP contribution in [0.15, 0.2) is 78.9 Å². The van der Waals surface area contributed by atoms with E-state index in [1.165, 1.54) is 18.2 Å². The summed E-state index contributed by atoms with van der Waals surface area (Å²) in [7, 11) is 1.000. The molecule has 0 aliphatic heterocycles. The first-order chi connectivity index (χ1) is 15.3. The van der Waals surface area contributed by atoms with Crippen LogP contribution in [0.25, 0.3) is 0 Å². The molecule has 0 unspecified atom stereocenters. The van der Waals surface area contributed by atoms with Gasteiger partial charge in [-0.1, -0.05) is 60.7 Å². The van der Waals surface area contributed by atoms with Crippen molar-refractivity contribution in [2.75, 3.05) is 11.9 Å². The van der Waals surface area contributed by atoms with Gasteiger partial charge in [0.15, 0.2) is 0 Å². The average molecular weight is 443 g/mol. The second-order valence-corrected chi connectivity index (χ2v) is 6.88. The van der Waals surface area contributed by atoms with Gasteiger partial charge in [0.25, 0.3) is 0 Å². The van der Waals surface area contributed by atoms with Crippen LogP contribution in [-0.2, 0) is 22.7 Å². The molecule has 3 aromatic rings. The highest BCUT2D eigenvalue weighted by molar-refractivity contribution is 5.98. The summed E-state index contributed by atoms with van der Waals surface area (Å²) in [6.45, 7) is 0.0895. The number of rotatable bonds is 7. The number of carbonyl (C=O) groups is 2. The SMILES string of the molecule is CN(C(=O)C(F)(F)F)c1ccc(C(=O)OCc2ccccc2)c(OCc2ccccc2)c1. The molecule has 5 nitrogen and oxygen atoms in total. The number of esters is 1. The van der Waals surface area contributed by atoms with Crippen LogP contribution in [0.5, 0.6) is 5.75 Å². The van der Waals surface area contributed by atoms with Crippen molar-refractivity contribution in [2.24, 2.45) is 0 Å². The largest absolute Gasteiger partial charge is 0.488 e. The van der Waals surface area contributed by atoms with Crippen molar-refractivity contribution in [3.05, 3.63) is 95.6 Å². The zero-order valence-corrected chi connectivity index (χ0v) is 17.1. The average Bonchev–Trinajstić information content (AvgIpc) is 2.80. The first kappa shape index (κ1) is 22.9. The summed E-state index contributed by atoms with van der Waals surface area (Å²) in [5.41, 5.74) is 1.53. The predicted octanol–water partition coefficient (Wildman–Crippen LogP) is 5.15. The summed E-state index contributed by atoms with van der Waals surface area (Å²) < 4.78 is 49.5. The highest BCUT2D eigenvalue weighted by atomic mass is 19.4.